The fraction of sp³-hybridized carbons (Fsp3) is 0.750. The molecule has 0 aromatic heterocycles. The van der Waals surface area contributed by atoms with Crippen molar-refractivity contribution in [3.05, 3.63) is 0 Å². The number of carbonyl (C=O) groups excluding carboxylic acids is 3. The summed E-state index contributed by atoms with van der Waals surface area (Å²) >= 11 is 1.14. The van der Waals surface area contributed by atoms with Gasteiger partial charge in [0.1, 0.15) is 18.6 Å². The average molecular weight is 308 g/mol. The van der Waals surface area contributed by atoms with E-state index in [1.54, 1.807) is 6.26 Å². The summed E-state index contributed by atoms with van der Waals surface area (Å²) in [6.07, 6.45) is 1.93. The highest BCUT2D eigenvalue weighted by atomic mass is 32.2. The van der Waals surface area contributed by atoms with E-state index in [1.807, 2.05) is 0 Å². The van der Waals surface area contributed by atoms with Crippen molar-refractivity contribution in [3.8, 4) is 0 Å². The van der Waals surface area contributed by atoms with Gasteiger partial charge in [0.15, 0.2) is 0 Å². The van der Waals surface area contributed by atoms with Crippen molar-refractivity contribution in [2.45, 2.75) is 20.3 Å². The molecule has 0 saturated carbocycles. The maximum atomic E-state index is 12.0. The van der Waals surface area contributed by atoms with E-state index in [0.717, 1.165) is 12.0 Å². The largest absolute Gasteiger partial charge is 0.468 e. The molecule has 0 N–H and O–H groups in total. The molecule has 7 nitrogen and oxygen atoms in total. The summed E-state index contributed by atoms with van der Waals surface area (Å²) in [5.41, 5.74) is -1.26. The molecule has 0 rings (SSSR count). The van der Waals surface area contributed by atoms with Crippen LogP contribution in [0, 0.1) is 5.41 Å². The van der Waals surface area contributed by atoms with Gasteiger partial charge in [0.05, 0.1) is 13.7 Å². The first-order valence-corrected chi connectivity index (χ1v) is 7.03. The molecule has 0 unspecified atom stereocenters. The summed E-state index contributed by atoms with van der Waals surface area (Å²) in [5.74, 6) is -1.69. The minimum absolute atomic E-state index is 0.196. The lowest BCUT2D eigenvalue weighted by Gasteiger charge is -2.29. The van der Waals surface area contributed by atoms with Crippen LogP contribution in [-0.2, 0) is 32.8 Å². The molecular formula is C12H20O7S. The molecule has 0 aliphatic rings. The molecule has 0 heterocycles. The van der Waals surface area contributed by atoms with E-state index in [9.17, 15) is 14.4 Å². The van der Waals surface area contributed by atoms with E-state index >= 15 is 0 Å². The van der Waals surface area contributed by atoms with E-state index in [4.69, 9.17) is 18.4 Å². The van der Waals surface area contributed by atoms with Gasteiger partial charge in [-0.2, -0.15) is 0 Å². The smallest absolute Gasteiger partial charge is 0.318 e. The van der Waals surface area contributed by atoms with Gasteiger partial charge in [-0.25, -0.2) is 0 Å². The van der Waals surface area contributed by atoms with Gasteiger partial charge < -0.3 is 18.4 Å². The van der Waals surface area contributed by atoms with Crippen molar-refractivity contribution in [1.29, 1.82) is 0 Å². The zero-order valence-corrected chi connectivity index (χ0v) is 12.9. The topological polar surface area (TPSA) is 88.1 Å². The Morgan fingerprint density at radius 3 is 1.90 bits per heavy atom. The molecule has 0 aromatic rings. The number of esters is 3. The van der Waals surface area contributed by atoms with E-state index < -0.39 is 23.3 Å². The van der Waals surface area contributed by atoms with Crippen molar-refractivity contribution >= 4 is 30.0 Å². The zero-order chi connectivity index (χ0) is 15.6. The molecule has 116 valence electrons. The minimum atomic E-state index is -1.26. The van der Waals surface area contributed by atoms with Crippen molar-refractivity contribution in [2.24, 2.45) is 5.41 Å². The van der Waals surface area contributed by atoms with E-state index in [1.165, 1.54) is 21.0 Å². The Labute approximate surface area is 122 Å². The standard InChI is InChI=1S/C12H20O7S/c1-9(13)17-7-12(11(15)16-3,5-6-19-20-4)8-18-10(2)14/h5-8H2,1-4H3. The van der Waals surface area contributed by atoms with Crippen LogP contribution in [0.2, 0.25) is 0 Å². The fourth-order valence-corrected chi connectivity index (χ4v) is 1.67. The first-order valence-electron chi connectivity index (χ1n) is 5.88. The molecule has 0 saturated heterocycles. The van der Waals surface area contributed by atoms with Crippen LogP contribution in [0.4, 0.5) is 0 Å². The minimum Gasteiger partial charge on any atom is -0.468 e. The number of rotatable bonds is 9. The number of carbonyl (C=O) groups is 3. The number of hydrogen-bond acceptors (Lipinski definition) is 8. The Hall–Kier alpha value is -1.28. The summed E-state index contributed by atoms with van der Waals surface area (Å²) in [4.78, 5) is 33.9. The first kappa shape index (κ1) is 18.7. The van der Waals surface area contributed by atoms with Crippen molar-refractivity contribution < 1.29 is 32.8 Å². The summed E-state index contributed by atoms with van der Waals surface area (Å²) < 4.78 is 19.7. The van der Waals surface area contributed by atoms with Gasteiger partial charge in [0.25, 0.3) is 0 Å². The van der Waals surface area contributed by atoms with Gasteiger partial charge in [-0.05, 0) is 18.5 Å². The van der Waals surface area contributed by atoms with E-state index in [-0.39, 0.29) is 26.2 Å². The number of hydrogen-bond donors (Lipinski definition) is 0. The Morgan fingerprint density at radius 2 is 1.55 bits per heavy atom. The Kier molecular flexibility index (Phi) is 8.98. The SMILES string of the molecule is COC(=O)C(CCOSC)(COC(C)=O)COC(C)=O. The maximum absolute atomic E-state index is 12.0. The molecule has 0 spiro atoms. The fourth-order valence-electron chi connectivity index (χ4n) is 1.42. The van der Waals surface area contributed by atoms with Gasteiger partial charge in [0, 0.05) is 20.1 Å². The van der Waals surface area contributed by atoms with Crippen LogP contribution < -0.4 is 0 Å². The third-order valence-electron chi connectivity index (χ3n) is 2.50. The quantitative estimate of drug-likeness (QED) is 0.269. The second kappa shape index (κ2) is 9.60. The summed E-state index contributed by atoms with van der Waals surface area (Å²) in [7, 11) is 1.22. The lowest BCUT2D eigenvalue weighted by atomic mass is 9.86. The zero-order valence-electron chi connectivity index (χ0n) is 12.1. The van der Waals surface area contributed by atoms with Crippen LogP contribution in [0.25, 0.3) is 0 Å². The first-order chi connectivity index (χ1) is 9.38. The Balaban J connectivity index is 4.99. The van der Waals surface area contributed by atoms with Gasteiger partial charge in [-0.1, -0.05) is 0 Å². The molecule has 0 amide bonds. The van der Waals surface area contributed by atoms with Gasteiger partial charge in [-0.15, -0.1) is 0 Å². The lowest BCUT2D eigenvalue weighted by Crippen LogP contribution is -2.43. The molecule has 0 fully saturated rings. The van der Waals surface area contributed by atoms with Crippen LogP contribution in [0.5, 0.6) is 0 Å². The maximum Gasteiger partial charge on any atom is 0.318 e. The Bertz CT molecular complexity index is 325. The lowest BCUT2D eigenvalue weighted by molar-refractivity contribution is -0.169. The molecule has 8 heteroatoms. The molecular weight excluding hydrogens is 288 g/mol. The molecule has 0 aromatic carbocycles. The van der Waals surface area contributed by atoms with Gasteiger partial charge in [-0.3, -0.25) is 14.4 Å². The molecule has 0 atom stereocenters. The van der Waals surface area contributed by atoms with Crippen LogP contribution in [0.15, 0.2) is 0 Å². The highest BCUT2D eigenvalue weighted by molar-refractivity contribution is 7.93. The molecule has 0 bridgehead atoms. The predicted molar refractivity (Wildman–Crippen MR) is 71.8 cm³/mol. The van der Waals surface area contributed by atoms with E-state index in [0.29, 0.717) is 0 Å². The van der Waals surface area contributed by atoms with Gasteiger partial charge in [0.2, 0.25) is 0 Å². The highest BCUT2D eigenvalue weighted by Gasteiger charge is 2.42. The molecule has 0 radical (unpaired) electrons. The normalized spacial score (nSPS) is 10.8. The highest BCUT2D eigenvalue weighted by Crippen LogP contribution is 2.26. The predicted octanol–water partition coefficient (Wildman–Crippen LogP) is 0.957. The Morgan fingerprint density at radius 1 is 1.05 bits per heavy atom. The summed E-state index contributed by atoms with van der Waals surface area (Å²) in [6.45, 7) is 2.21. The molecule has 0 aliphatic heterocycles. The van der Waals surface area contributed by atoms with Gasteiger partial charge >= 0.3 is 17.9 Å². The molecule has 20 heavy (non-hydrogen) atoms. The summed E-state index contributed by atoms with van der Waals surface area (Å²) in [6, 6.07) is 0. The second-order valence-corrected chi connectivity index (χ2v) is 4.64. The molecule has 0 aliphatic carbocycles. The monoisotopic (exact) mass is 308 g/mol. The van der Waals surface area contributed by atoms with Crippen LogP contribution in [-0.4, -0.2) is 51.1 Å². The van der Waals surface area contributed by atoms with E-state index in [2.05, 4.69) is 0 Å². The average Bonchev–Trinajstić information content (AvgIpc) is 2.40. The number of methoxy groups -OCH3 is 1. The van der Waals surface area contributed by atoms with Crippen LogP contribution in [0.1, 0.15) is 20.3 Å². The third kappa shape index (κ3) is 6.76. The van der Waals surface area contributed by atoms with Crippen molar-refractivity contribution in [3.63, 3.8) is 0 Å². The van der Waals surface area contributed by atoms with Crippen LogP contribution >= 0.6 is 12.0 Å². The third-order valence-corrected chi connectivity index (χ3v) is 2.91. The van der Waals surface area contributed by atoms with Crippen LogP contribution in [0.3, 0.4) is 0 Å². The second-order valence-electron chi connectivity index (χ2n) is 4.07. The van der Waals surface area contributed by atoms with Crippen molar-refractivity contribution in [2.75, 3.05) is 33.2 Å². The summed E-state index contributed by atoms with van der Waals surface area (Å²) in [5, 5.41) is 0. The van der Waals surface area contributed by atoms with Crippen molar-refractivity contribution in [1.82, 2.24) is 0 Å². The number of ether oxygens (including phenoxy) is 3.